The molecule has 0 unspecified atom stereocenters. The van der Waals surface area contributed by atoms with Gasteiger partial charge in [-0.3, -0.25) is 4.79 Å². The summed E-state index contributed by atoms with van der Waals surface area (Å²) in [4.78, 5) is 13.3. The van der Waals surface area contributed by atoms with Crippen molar-refractivity contribution < 1.29 is 4.79 Å². The molecule has 1 amide bonds. The molecule has 2 rings (SSSR count). The third kappa shape index (κ3) is 1.71. The average Bonchev–Trinajstić information content (AvgIpc) is 2.92. The van der Waals surface area contributed by atoms with Gasteiger partial charge in [-0.05, 0) is 37.1 Å². The lowest BCUT2D eigenvalue weighted by Crippen LogP contribution is -2.30. The van der Waals surface area contributed by atoms with Crippen LogP contribution in [0.2, 0.25) is 0 Å². The zero-order valence-electron chi connectivity index (χ0n) is 8.23. The third-order valence-electron chi connectivity index (χ3n) is 2.42. The molecule has 0 atom stereocenters. The Bertz CT molecular complexity index is 341. The van der Waals surface area contributed by atoms with Crippen molar-refractivity contribution in [3.05, 3.63) is 24.3 Å². The summed E-state index contributed by atoms with van der Waals surface area (Å²) in [6, 6.07) is 7.86. The van der Waals surface area contributed by atoms with Crippen LogP contribution in [-0.2, 0) is 4.79 Å². The van der Waals surface area contributed by atoms with E-state index < -0.39 is 0 Å². The van der Waals surface area contributed by atoms with Crippen LogP contribution in [0.3, 0.4) is 0 Å². The molecular formula is C11H14N2O. The quantitative estimate of drug-likeness (QED) is 0.722. The normalized spacial score (nSPS) is 15.2. The zero-order chi connectivity index (χ0) is 10.1. The van der Waals surface area contributed by atoms with Gasteiger partial charge in [0.2, 0.25) is 5.91 Å². The molecule has 0 aromatic heterocycles. The number of carbonyl (C=O) groups excluding carboxylic acids is 1. The molecule has 3 nitrogen and oxygen atoms in total. The van der Waals surface area contributed by atoms with Crippen LogP contribution < -0.4 is 10.6 Å². The Hall–Kier alpha value is -1.51. The zero-order valence-corrected chi connectivity index (χ0v) is 8.23. The van der Waals surface area contributed by atoms with Gasteiger partial charge in [0.05, 0.1) is 0 Å². The number of rotatable bonds is 2. The Balaban J connectivity index is 2.26. The molecule has 1 aliphatic rings. The number of nitrogens with two attached hydrogens (primary N) is 1. The van der Waals surface area contributed by atoms with Gasteiger partial charge < -0.3 is 10.6 Å². The van der Waals surface area contributed by atoms with Crippen molar-refractivity contribution in [2.24, 2.45) is 0 Å². The van der Waals surface area contributed by atoms with E-state index in [1.165, 1.54) is 0 Å². The van der Waals surface area contributed by atoms with Gasteiger partial charge in [-0.15, -0.1) is 0 Å². The molecule has 2 N–H and O–H groups in total. The third-order valence-corrected chi connectivity index (χ3v) is 2.42. The molecule has 1 aromatic rings. The maximum absolute atomic E-state index is 11.4. The van der Waals surface area contributed by atoms with Crippen LogP contribution in [-0.4, -0.2) is 11.9 Å². The lowest BCUT2D eigenvalue weighted by Gasteiger charge is -2.20. The second-order valence-electron chi connectivity index (χ2n) is 3.71. The Morgan fingerprint density at radius 2 is 1.93 bits per heavy atom. The summed E-state index contributed by atoms with van der Waals surface area (Å²) in [6.07, 6.45) is 2.23. The van der Waals surface area contributed by atoms with Crippen LogP contribution in [0.1, 0.15) is 19.8 Å². The van der Waals surface area contributed by atoms with E-state index in [0.29, 0.717) is 6.04 Å². The second kappa shape index (κ2) is 3.33. The Morgan fingerprint density at radius 1 is 1.36 bits per heavy atom. The van der Waals surface area contributed by atoms with Gasteiger partial charge in [0.1, 0.15) is 0 Å². The first-order chi connectivity index (χ1) is 6.68. The maximum atomic E-state index is 11.4. The molecule has 0 spiro atoms. The Labute approximate surface area is 83.5 Å². The number of benzene rings is 1. The van der Waals surface area contributed by atoms with Crippen molar-refractivity contribution in [3.8, 4) is 0 Å². The van der Waals surface area contributed by atoms with E-state index in [1.807, 2.05) is 29.2 Å². The summed E-state index contributed by atoms with van der Waals surface area (Å²) in [5.41, 5.74) is 7.27. The van der Waals surface area contributed by atoms with Crippen LogP contribution in [0.4, 0.5) is 11.4 Å². The number of amides is 1. The first-order valence-corrected chi connectivity index (χ1v) is 4.84. The van der Waals surface area contributed by atoms with Gasteiger partial charge in [0.25, 0.3) is 0 Å². The number of hydrogen-bond donors (Lipinski definition) is 1. The molecule has 0 saturated heterocycles. The van der Waals surface area contributed by atoms with Gasteiger partial charge in [-0.25, -0.2) is 0 Å². The number of carbonyl (C=O) groups is 1. The van der Waals surface area contributed by atoms with Gasteiger partial charge in [-0.1, -0.05) is 0 Å². The monoisotopic (exact) mass is 190 g/mol. The van der Waals surface area contributed by atoms with Gasteiger partial charge >= 0.3 is 0 Å². The van der Waals surface area contributed by atoms with Crippen molar-refractivity contribution in [1.29, 1.82) is 0 Å². The highest BCUT2D eigenvalue weighted by molar-refractivity contribution is 5.92. The number of hydrogen-bond acceptors (Lipinski definition) is 2. The van der Waals surface area contributed by atoms with Crippen molar-refractivity contribution in [3.63, 3.8) is 0 Å². The molecule has 0 bridgehead atoms. The average molecular weight is 190 g/mol. The highest BCUT2D eigenvalue weighted by atomic mass is 16.2. The largest absolute Gasteiger partial charge is 0.399 e. The lowest BCUT2D eigenvalue weighted by molar-refractivity contribution is -0.116. The molecule has 1 fully saturated rings. The van der Waals surface area contributed by atoms with Crippen LogP contribution in [0.25, 0.3) is 0 Å². The van der Waals surface area contributed by atoms with E-state index in [9.17, 15) is 4.79 Å². The standard InChI is InChI=1S/C11H14N2O/c1-8(14)13(11-6-7-11)10-4-2-9(12)3-5-10/h2-5,11H,6-7,12H2,1H3. The van der Waals surface area contributed by atoms with Gasteiger partial charge in [-0.2, -0.15) is 0 Å². The lowest BCUT2D eigenvalue weighted by atomic mass is 10.2. The molecule has 0 radical (unpaired) electrons. The smallest absolute Gasteiger partial charge is 0.224 e. The summed E-state index contributed by atoms with van der Waals surface area (Å²) in [5.74, 6) is 0.109. The van der Waals surface area contributed by atoms with E-state index in [0.717, 1.165) is 24.2 Å². The summed E-state index contributed by atoms with van der Waals surface area (Å²) in [5, 5.41) is 0. The van der Waals surface area contributed by atoms with Crippen LogP contribution in [0.5, 0.6) is 0 Å². The second-order valence-corrected chi connectivity index (χ2v) is 3.71. The van der Waals surface area contributed by atoms with Crippen molar-refractivity contribution >= 4 is 17.3 Å². The Morgan fingerprint density at radius 3 is 2.36 bits per heavy atom. The minimum absolute atomic E-state index is 0.109. The molecule has 1 aromatic carbocycles. The molecule has 1 aliphatic carbocycles. The minimum atomic E-state index is 0.109. The fraction of sp³-hybridized carbons (Fsp3) is 0.364. The van der Waals surface area contributed by atoms with Crippen LogP contribution in [0, 0.1) is 0 Å². The predicted octanol–water partition coefficient (Wildman–Crippen LogP) is 1.78. The summed E-state index contributed by atoms with van der Waals surface area (Å²) < 4.78 is 0. The molecule has 14 heavy (non-hydrogen) atoms. The number of nitrogen functional groups attached to an aromatic ring is 1. The SMILES string of the molecule is CC(=O)N(c1ccc(N)cc1)C1CC1. The van der Waals surface area contributed by atoms with E-state index in [2.05, 4.69) is 0 Å². The summed E-state index contributed by atoms with van der Waals surface area (Å²) >= 11 is 0. The predicted molar refractivity (Wildman–Crippen MR) is 57.0 cm³/mol. The fourth-order valence-corrected chi connectivity index (χ4v) is 1.62. The maximum Gasteiger partial charge on any atom is 0.224 e. The van der Waals surface area contributed by atoms with Crippen molar-refractivity contribution in [1.82, 2.24) is 0 Å². The van der Waals surface area contributed by atoms with E-state index in [-0.39, 0.29) is 5.91 Å². The molecule has 0 heterocycles. The number of anilines is 2. The fourth-order valence-electron chi connectivity index (χ4n) is 1.62. The molecule has 74 valence electrons. The molecule has 1 saturated carbocycles. The van der Waals surface area contributed by atoms with E-state index >= 15 is 0 Å². The van der Waals surface area contributed by atoms with Crippen molar-refractivity contribution in [2.45, 2.75) is 25.8 Å². The minimum Gasteiger partial charge on any atom is -0.399 e. The molecule has 3 heteroatoms. The van der Waals surface area contributed by atoms with E-state index in [1.54, 1.807) is 6.92 Å². The topological polar surface area (TPSA) is 46.3 Å². The van der Waals surface area contributed by atoms with Gasteiger partial charge in [0, 0.05) is 24.3 Å². The molecule has 0 aliphatic heterocycles. The highest BCUT2D eigenvalue weighted by Gasteiger charge is 2.31. The first kappa shape index (κ1) is 9.06. The number of nitrogens with zero attached hydrogens (tertiary/aromatic N) is 1. The van der Waals surface area contributed by atoms with Gasteiger partial charge in [0.15, 0.2) is 0 Å². The summed E-state index contributed by atoms with van der Waals surface area (Å²) in [6.45, 7) is 1.61. The van der Waals surface area contributed by atoms with Crippen LogP contribution in [0.15, 0.2) is 24.3 Å². The van der Waals surface area contributed by atoms with Crippen LogP contribution >= 0.6 is 0 Å². The van der Waals surface area contributed by atoms with E-state index in [4.69, 9.17) is 5.73 Å². The molecular weight excluding hydrogens is 176 g/mol. The summed E-state index contributed by atoms with van der Waals surface area (Å²) in [7, 11) is 0. The first-order valence-electron chi connectivity index (χ1n) is 4.84. The highest BCUT2D eigenvalue weighted by Crippen LogP contribution is 2.31. The van der Waals surface area contributed by atoms with Crippen molar-refractivity contribution in [2.75, 3.05) is 10.6 Å². The Kier molecular flexibility index (Phi) is 2.15.